The molecule has 1 aromatic carbocycles. The molecule has 0 saturated carbocycles. The number of carbonyl (C=O) groups is 1. The van der Waals surface area contributed by atoms with E-state index < -0.39 is 24.2 Å². The Morgan fingerprint density at radius 2 is 1.93 bits per heavy atom. The predicted molar refractivity (Wildman–Crippen MR) is 108 cm³/mol. The Kier molecular flexibility index (Phi) is 5.08. The van der Waals surface area contributed by atoms with Gasteiger partial charge < -0.3 is 10.6 Å². The highest BCUT2D eigenvalue weighted by molar-refractivity contribution is 9.10. The third-order valence-electron chi connectivity index (χ3n) is 5.24. The van der Waals surface area contributed by atoms with Gasteiger partial charge in [0.05, 0.1) is 29.8 Å². The molecule has 0 bridgehead atoms. The van der Waals surface area contributed by atoms with Crippen molar-refractivity contribution in [2.45, 2.75) is 31.6 Å². The standard InChI is InChI=1S/C19H18BrF3N6O/c1-10-15(9-24-28(10)2)27-18(30)13-8-25-29-16(19(21,22)23)7-14(26-17(13)29)11-3-5-12(20)6-4-11/h3-6,8-9,14,16,26H,7H2,1-2H3,(H,27,30). The lowest BCUT2D eigenvalue weighted by Crippen LogP contribution is -2.36. The van der Waals surface area contributed by atoms with Gasteiger partial charge in [0.2, 0.25) is 0 Å². The Bertz CT molecular complexity index is 1090. The van der Waals surface area contributed by atoms with E-state index in [0.29, 0.717) is 11.3 Å². The molecule has 1 amide bonds. The zero-order valence-corrected chi connectivity index (χ0v) is 17.6. The maximum absolute atomic E-state index is 13.8. The van der Waals surface area contributed by atoms with Gasteiger partial charge >= 0.3 is 6.18 Å². The van der Waals surface area contributed by atoms with Crippen molar-refractivity contribution in [3.05, 3.63) is 58.0 Å². The molecule has 158 valence electrons. The Morgan fingerprint density at radius 1 is 1.23 bits per heavy atom. The highest BCUT2D eigenvalue weighted by atomic mass is 79.9. The third-order valence-corrected chi connectivity index (χ3v) is 5.77. The largest absolute Gasteiger partial charge is 0.410 e. The number of aryl methyl sites for hydroxylation is 1. The van der Waals surface area contributed by atoms with E-state index in [1.165, 1.54) is 6.20 Å². The number of nitrogens with zero attached hydrogens (tertiary/aromatic N) is 4. The second kappa shape index (κ2) is 7.46. The van der Waals surface area contributed by atoms with Crippen LogP contribution in [-0.4, -0.2) is 31.6 Å². The van der Waals surface area contributed by atoms with Crippen LogP contribution in [0.3, 0.4) is 0 Å². The number of amides is 1. The van der Waals surface area contributed by atoms with Crippen LogP contribution in [0, 0.1) is 6.92 Å². The first-order valence-corrected chi connectivity index (χ1v) is 9.90. The zero-order chi connectivity index (χ0) is 21.6. The predicted octanol–water partition coefficient (Wildman–Crippen LogP) is 4.60. The lowest BCUT2D eigenvalue weighted by molar-refractivity contribution is -0.173. The minimum Gasteiger partial charge on any atom is -0.363 e. The van der Waals surface area contributed by atoms with Crippen molar-refractivity contribution >= 4 is 33.3 Å². The second-order valence-electron chi connectivity index (χ2n) is 7.11. The molecule has 2 unspecified atom stereocenters. The number of hydrogen-bond acceptors (Lipinski definition) is 4. The highest BCUT2D eigenvalue weighted by Gasteiger charge is 2.47. The summed E-state index contributed by atoms with van der Waals surface area (Å²) in [4.78, 5) is 12.8. The fraction of sp³-hybridized carbons (Fsp3) is 0.316. The van der Waals surface area contributed by atoms with Crippen molar-refractivity contribution in [3.63, 3.8) is 0 Å². The van der Waals surface area contributed by atoms with Crippen LogP contribution in [0.2, 0.25) is 0 Å². The van der Waals surface area contributed by atoms with E-state index in [2.05, 4.69) is 36.8 Å². The van der Waals surface area contributed by atoms with Crippen molar-refractivity contribution in [3.8, 4) is 0 Å². The van der Waals surface area contributed by atoms with Gasteiger partial charge in [0, 0.05) is 17.9 Å². The van der Waals surface area contributed by atoms with E-state index in [1.54, 1.807) is 42.9 Å². The summed E-state index contributed by atoms with van der Waals surface area (Å²) < 4.78 is 44.6. The van der Waals surface area contributed by atoms with Crippen LogP contribution in [0.15, 0.2) is 41.1 Å². The SMILES string of the molecule is Cc1c(NC(=O)c2cnn3c2NC(c2ccc(Br)cc2)CC3C(F)(F)F)cnn1C. The monoisotopic (exact) mass is 482 g/mol. The maximum atomic E-state index is 13.8. The van der Waals surface area contributed by atoms with E-state index in [1.807, 2.05) is 0 Å². The molecular formula is C19H18BrF3N6O. The number of fused-ring (bicyclic) bond motifs is 1. The lowest BCUT2D eigenvalue weighted by atomic mass is 9.96. The molecule has 7 nitrogen and oxygen atoms in total. The van der Waals surface area contributed by atoms with Gasteiger partial charge in [-0.05, 0) is 24.6 Å². The molecule has 0 saturated heterocycles. The van der Waals surface area contributed by atoms with Gasteiger partial charge in [0.25, 0.3) is 5.91 Å². The molecule has 1 aliphatic rings. The van der Waals surface area contributed by atoms with E-state index in [-0.39, 0.29) is 17.8 Å². The lowest BCUT2D eigenvalue weighted by Gasteiger charge is -2.34. The third kappa shape index (κ3) is 3.69. The van der Waals surface area contributed by atoms with Crippen LogP contribution in [0.4, 0.5) is 24.7 Å². The quantitative estimate of drug-likeness (QED) is 0.571. The highest BCUT2D eigenvalue weighted by Crippen LogP contribution is 2.44. The molecule has 1 aliphatic heterocycles. The van der Waals surface area contributed by atoms with Gasteiger partial charge in [-0.3, -0.25) is 9.48 Å². The molecule has 2 aromatic heterocycles. The van der Waals surface area contributed by atoms with Gasteiger partial charge in [-0.1, -0.05) is 28.1 Å². The molecule has 11 heteroatoms. The van der Waals surface area contributed by atoms with E-state index in [9.17, 15) is 18.0 Å². The normalized spacial score (nSPS) is 18.6. The average molecular weight is 483 g/mol. The summed E-state index contributed by atoms with van der Waals surface area (Å²) in [6, 6.07) is 4.57. The van der Waals surface area contributed by atoms with E-state index in [0.717, 1.165) is 21.0 Å². The summed E-state index contributed by atoms with van der Waals surface area (Å²) in [6.45, 7) is 1.78. The van der Waals surface area contributed by atoms with Crippen molar-refractivity contribution in [2.24, 2.45) is 7.05 Å². The van der Waals surface area contributed by atoms with Crippen LogP contribution in [0.1, 0.15) is 40.1 Å². The van der Waals surface area contributed by atoms with Gasteiger partial charge in [-0.15, -0.1) is 0 Å². The number of rotatable bonds is 3. The van der Waals surface area contributed by atoms with Crippen LogP contribution in [0.25, 0.3) is 0 Å². The first-order valence-electron chi connectivity index (χ1n) is 9.11. The maximum Gasteiger partial charge on any atom is 0.410 e. The molecule has 3 heterocycles. The van der Waals surface area contributed by atoms with Crippen molar-refractivity contribution in [1.29, 1.82) is 0 Å². The van der Waals surface area contributed by atoms with Gasteiger partial charge in [0.15, 0.2) is 6.04 Å². The summed E-state index contributed by atoms with van der Waals surface area (Å²) in [5, 5.41) is 13.7. The van der Waals surface area contributed by atoms with Crippen molar-refractivity contribution in [2.75, 3.05) is 10.6 Å². The number of hydrogen-bond donors (Lipinski definition) is 2. The van der Waals surface area contributed by atoms with Gasteiger partial charge in [-0.25, -0.2) is 4.68 Å². The first-order chi connectivity index (χ1) is 14.1. The first kappa shape index (κ1) is 20.5. The molecule has 4 rings (SSSR count). The van der Waals surface area contributed by atoms with Crippen molar-refractivity contribution < 1.29 is 18.0 Å². The van der Waals surface area contributed by atoms with Crippen LogP contribution in [0.5, 0.6) is 0 Å². The minimum absolute atomic E-state index is 0.0364. The second-order valence-corrected chi connectivity index (χ2v) is 8.03. The zero-order valence-electron chi connectivity index (χ0n) is 16.0. The molecule has 0 fully saturated rings. The number of anilines is 2. The smallest absolute Gasteiger partial charge is 0.363 e. The van der Waals surface area contributed by atoms with E-state index >= 15 is 0 Å². The van der Waals surface area contributed by atoms with E-state index in [4.69, 9.17) is 0 Å². The van der Waals surface area contributed by atoms with Crippen molar-refractivity contribution in [1.82, 2.24) is 19.6 Å². The average Bonchev–Trinajstić information content (AvgIpc) is 3.25. The molecule has 30 heavy (non-hydrogen) atoms. The van der Waals surface area contributed by atoms with Crippen LogP contribution in [-0.2, 0) is 7.05 Å². The Hall–Kier alpha value is -2.82. The number of aromatic nitrogens is 4. The molecule has 0 aliphatic carbocycles. The number of benzene rings is 1. The van der Waals surface area contributed by atoms with Crippen LogP contribution >= 0.6 is 15.9 Å². The fourth-order valence-electron chi connectivity index (χ4n) is 3.45. The molecule has 0 radical (unpaired) electrons. The Balaban J connectivity index is 1.70. The topological polar surface area (TPSA) is 76.8 Å². The number of alkyl halides is 3. The number of carbonyl (C=O) groups excluding carboxylic acids is 1. The molecule has 3 aromatic rings. The summed E-state index contributed by atoms with van der Waals surface area (Å²) in [6.07, 6.45) is -2.10. The summed E-state index contributed by atoms with van der Waals surface area (Å²) in [5.74, 6) is -0.521. The fourth-order valence-corrected chi connectivity index (χ4v) is 3.72. The Labute approximate surface area is 178 Å². The Morgan fingerprint density at radius 3 is 2.53 bits per heavy atom. The molecular weight excluding hydrogens is 465 g/mol. The van der Waals surface area contributed by atoms with Gasteiger partial charge in [0.1, 0.15) is 11.4 Å². The molecule has 0 spiro atoms. The molecule has 2 N–H and O–H groups in total. The molecule has 2 atom stereocenters. The number of nitrogens with one attached hydrogen (secondary N) is 2. The van der Waals surface area contributed by atoms with Crippen LogP contribution < -0.4 is 10.6 Å². The summed E-state index contributed by atoms with van der Waals surface area (Å²) in [5.41, 5.74) is 1.93. The summed E-state index contributed by atoms with van der Waals surface area (Å²) in [7, 11) is 1.73. The number of halogens is 4. The summed E-state index contributed by atoms with van der Waals surface area (Å²) >= 11 is 3.33. The van der Waals surface area contributed by atoms with Gasteiger partial charge in [-0.2, -0.15) is 23.4 Å². The minimum atomic E-state index is -4.51.